The number of aryl methyl sites for hydroxylation is 2. The first-order valence-corrected chi connectivity index (χ1v) is 8.53. The van der Waals surface area contributed by atoms with E-state index < -0.39 is 0 Å². The van der Waals surface area contributed by atoms with Crippen LogP contribution in [0.2, 0.25) is 0 Å². The Balaban J connectivity index is 2.43. The largest absolute Gasteiger partial charge is 0.306 e. The molecule has 0 saturated heterocycles. The second kappa shape index (κ2) is 7.77. The second-order valence-corrected chi connectivity index (χ2v) is 6.26. The molecule has 2 aromatic carbocycles. The van der Waals surface area contributed by atoms with Gasteiger partial charge in [0.05, 0.1) is 6.04 Å². The fourth-order valence-corrected chi connectivity index (χ4v) is 3.21. The van der Waals surface area contributed by atoms with Gasteiger partial charge in [0.15, 0.2) is 0 Å². The van der Waals surface area contributed by atoms with Crippen molar-refractivity contribution in [3.8, 4) is 0 Å². The van der Waals surface area contributed by atoms with E-state index in [2.05, 4.69) is 84.5 Å². The molecule has 2 aromatic rings. The Morgan fingerprint density at radius 2 is 1.86 bits per heavy atom. The average molecular weight is 346 g/mol. The summed E-state index contributed by atoms with van der Waals surface area (Å²) in [7, 11) is 0. The number of hydrogen-bond acceptors (Lipinski definition) is 1. The number of rotatable bonds is 6. The van der Waals surface area contributed by atoms with Gasteiger partial charge >= 0.3 is 0 Å². The molecule has 0 aliphatic heterocycles. The normalized spacial score (nSPS) is 12.4. The Morgan fingerprint density at radius 1 is 1.10 bits per heavy atom. The lowest BCUT2D eigenvalue weighted by molar-refractivity contribution is 0.627. The van der Waals surface area contributed by atoms with Gasteiger partial charge in [0.25, 0.3) is 0 Å². The predicted octanol–water partition coefficient (Wildman–Crippen LogP) is 5.41. The van der Waals surface area contributed by atoms with Crippen LogP contribution in [-0.2, 0) is 6.42 Å². The van der Waals surface area contributed by atoms with Crippen LogP contribution in [0.3, 0.4) is 0 Å². The third-order valence-corrected chi connectivity index (χ3v) is 4.85. The molecule has 0 aliphatic rings. The Bertz CT molecular complexity index is 592. The minimum Gasteiger partial charge on any atom is -0.306 e. The van der Waals surface area contributed by atoms with Crippen molar-refractivity contribution >= 4 is 15.9 Å². The molecule has 0 radical (unpaired) electrons. The first-order valence-electron chi connectivity index (χ1n) is 7.74. The summed E-state index contributed by atoms with van der Waals surface area (Å²) in [6, 6.07) is 15.7. The van der Waals surface area contributed by atoms with E-state index in [9.17, 15) is 0 Å². The van der Waals surface area contributed by atoms with E-state index in [-0.39, 0.29) is 6.04 Å². The summed E-state index contributed by atoms with van der Waals surface area (Å²) in [6.07, 6.45) is 2.32. The zero-order valence-electron chi connectivity index (χ0n) is 13.1. The quantitative estimate of drug-likeness (QED) is 0.737. The molecule has 2 rings (SSSR count). The van der Waals surface area contributed by atoms with Gasteiger partial charge in [-0.05, 0) is 42.1 Å². The van der Waals surface area contributed by atoms with Crippen LogP contribution >= 0.6 is 15.9 Å². The molecular formula is C19H24BrN. The van der Waals surface area contributed by atoms with Crippen LogP contribution in [0, 0.1) is 6.92 Å². The van der Waals surface area contributed by atoms with Gasteiger partial charge in [0.1, 0.15) is 0 Å². The highest BCUT2D eigenvalue weighted by Gasteiger charge is 2.16. The first-order chi connectivity index (χ1) is 10.2. The maximum absolute atomic E-state index is 3.76. The zero-order chi connectivity index (χ0) is 15.2. The summed E-state index contributed by atoms with van der Waals surface area (Å²) in [5.74, 6) is 0. The Kier molecular flexibility index (Phi) is 6.01. The van der Waals surface area contributed by atoms with E-state index in [1.807, 2.05) is 0 Å². The Morgan fingerprint density at radius 3 is 2.57 bits per heavy atom. The summed E-state index contributed by atoms with van der Waals surface area (Å²) in [5, 5.41) is 3.62. The van der Waals surface area contributed by atoms with Crippen LogP contribution in [0.25, 0.3) is 0 Å². The van der Waals surface area contributed by atoms with Gasteiger partial charge in [0.2, 0.25) is 0 Å². The molecule has 0 fully saturated rings. The molecular weight excluding hydrogens is 322 g/mol. The molecule has 0 spiro atoms. The monoisotopic (exact) mass is 345 g/mol. The van der Waals surface area contributed by atoms with E-state index in [0.29, 0.717) is 0 Å². The van der Waals surface area contributed by atoms with E-state index in [0.717, 1.165) is 13.0 Å². The number of benzene rings is 2. The molecule has 0 bridgehead atoms. The maximum Gasteiger partial charge on any atom is 0.0587 e. The molecule has 112 valence electrons. The van der Waals surface area contributed by atoms with Crippen molar-refractivity contribution in [3.63, 3.8) is 0 Å². The maximum atomic E-state index is 3.76. The van der Waals surface area contributed by atoms with Gasteiger partial charge in [-0.25, -0.2) is 0 Å². The van der Waals surface area contributed by atoms with Gasteiger partial charge in [-0.2, -0.15) is 0 Å². The molecule has 1 nitrogen and oxygen atoms in total. The third kappa shape index (κ3) is 3.96. The fourth-order valence-electron chi connectivity index (χ4n) is 2.72. The second-order valence-electron chi connectivity index (χ2n) is 5.46. The van der Waals surface area contributed by atoms with Crippen molar-refractivity contribution in [1.29, 1.82) is 0 Å². The molecule has 0 heterocycles. The number of hydrogen-bond donors (Lipinski definition) is 1. The first kappa shape index (κ1) is 16.3. The third-order valence-electron chi connectivity index (χ3n) is 3.76. The van der Waals surface area contributed by atoms with Crippen LogP contribution in [0.1, 0.15) is 48.6 Å². The predicted molar refractivity (Wildman–Crippen MR) is 94.8 cm³/mol. The summed E-state index contributed by atoms with van der Waals surface area (Å²) in [5.41, 5.74) is 5.35. The van der Waals surface area contributed by atoms with E-state index in [4.69, 9.17) is 0 Å². The van der Waals surface area contributed by atoms with E-state index in [1.165, 1.54) is 33.1 Å². The van der Waals surface area contributed by atoms with Crippen LogP contribution in [-0.4, -0.2) is 6.54 Å². The minimum absolute atomic E-state index is 0.237. The molecule has 0 aliphatic carbocycles. The molecule has 1 N–H and O–H groups in total. The standard InChI is InChI=1S/C19H24BrN/c1-4-8-15-10-7-11-16(13-15)19(21-5-2)17-12-6-9-14(3)18(17)20/h6-7,9-13,19,21H,4-5,8H2,1-3H3. The molecule has 2 heteroatoms. The highest BCUT2D eigenvalue weighted by atomic mass is 79.9. The Labute approximate surface area is 136 Å². The topological polar surface area (TPSA) is 12.0 Å². The molecule has 0 aromatic heterocycles. The molecule has 0 amide bonds. The van der Waals surface area contributed by atoms with Crippen molar-refractivity contribution < 1.29 is 0 Å². The van der Waals surface area contributed by atoms with Gasteiger partial charge < -0.3 is 5.32 Å². The van der Waals surface area contributed by atoms with E-state index >= 15 is 0 Å². The lowest BCUT2D eigenvalue weighted by atomic mass is 9.95. The van der Waals surface area contributed by atoms with Crippen LogP contribution in [0.5, 0.6) is 0 Å². The highest BCUT2D eigenvalue weighted by molar-refractivity contribution is 9.10. The number of halogens is 1. The van der Waals surface area contributed by atoms with Crippen molar-refractivity contribution in [2.75, 3.05) is 6.54 Å². The number of nitrogens with one attached hydrogen (secondary N) is 1. The zero-order valence-corrected chi connectivity index (χ0v) is 14.7. The van der Waals surface area contributed by atoms with Gasteiger partial charge in [-0.3, -0.25) is 0 Å². The van der Waals surface area contributed by atoms with Crippen molar-refractivity contribution in [2.24, 2.45) is 0 Å². The Hall–Kier alpha value is -1.12. The summed E-state index contributed by atoms with van der Waals surface area (Å²) in [6.45, 7) is 7.48. The van der Waals surface area contributed by atoms with Gasteiger partial charge in [-0.15, -0.1) is 0 Å². The van der Waals surface area contributed by atoms with Gasteiger partial charge in [0, 0.05) is 4.47 Å². The van der Waals surface area contributed by atoms with Crippen LogP contribution in [0.4, 0.5) is 0 Å². The highest BCUT2D eigenvalue weighted by Crippen LogP contribution is 2.31. The minimum atomic E-state index is 0.237. The average Bonchev–Trinajstić information content (AvgIpc) is 2.49. The summed E-state index contributed by atoms with van der Waals surface area (Å²) >= 11 is 3.76. The van der Waals surface area contributed by atoms with Crippen molar-refractivity contribution in [3.05, 3.63) is 69.2 Å². The molecule has 1 atom stereocenters. The van der Waals surface area contributed by atoms with Crippen molar-refractivity contribution in [2.45, 2.75) is 39.7 Å². The lowest BCUT2D eigenvalue weighted by Gasteiger charge is -2.22. The lowest BCUT2D eigenvalue weighted by Crippen LogP contribution is -2.22. The molecule has 21 heavy (non-hydrogen) atoms. The SMILES string of the molecule is CCCc1cccc(C(NCC)c2cccc(C)c2Br)c1. The van der Waals surface area contributed by atoms with Crippen LogP contribution in [0.15, 0.2) is 46.9 Å². The fraction of sp³-hybridized carbons (Fsp3) is 0.368. The molecule has 1 unspecified atom stereocenters. The molecule has 0 saturated carbocycles. The van der Waals surface area contributed by atoms with Crippen molar-refractivity contribution in [1.82, 2.24) is 5.32 Å². The summed E-state index contributed by atoms with van der Waals surface area (Å²) < 4.78 is 1.21. The summed E-state index contributed by atoms with van der Waals surface area (Å²) in [4.78, 5) is 0. The van der Waals surface area contributed by atoms with E-state index in [1.54, 1.807) is 0 Å². The smallest absolute Gasteiger partial charge is 0.0587 e. The van der Waals surface area contributed by atoms with Gasteiger partial charge in [-0.1, -0.05) is 78.7 Å². The van der Waals surface area contributed by atoms with Crippen LogP contribution < -0.4 is 5.32 Å².